The fourth-order valence-corrected chi connectivity index (χ4v) is 3.10. The van der Waals surface area contributed by atoms with Crippen LogP contribution in [-0.4, -0.2) is 21.1 Å². The zero-order valence-electron chi connectivity index (χ0n) is 14.2. The lowest BCUT2D eigenvalue weighted by Crippen LogP contribution is -2.28. The number of nitrogens with one attached hydrogen (secondary N) is 3. The molecule has 0 bridgehead atoms. The average Bonchev–Trinajstić information content (AvgIpc) is 2.85. The Labute approximate surface area is 139 Å². The highest BCUT2D eigenvalue weighted by molar-refractivity contribution is 6.06. The third kappa shape index (κ3) is 2.82. The van der Waals surface area contributed by atoms with E-state index in [0.29, 0.717) is 11.1 Å². The molecule has 24 heavy (non-hydrogen) atoms. The fraction of sp³-hybridized carbons (Fsp3) is 0.278. The smallest absolute Gasteiger partial charge is 0.252 e. The molecule has 6 nitrogen and oxygen atoms in total. The number of carbonyl (C=O) groups is 1. The van der Waals surface area contributed by atoms with Crippen LogP contribution in [0.2, 0.25) is 0 Å². The van der Waals surface area contributed by atoms with E-state index in [1.807, 2.05) is 45.9 Å². The summed E-state index contributed by atoms with van der Waals surface area (Å²) in [5.41, 5.74) is 4.51. The third-order valence-corrected chi connectivity index (χ3v) is 4.21. The van der Waals surface area contributed by atoms with Gasteiger partial charge in [-0.1, -0.05) is 11.6 Å². The van der Waals surface area contributed by atoms with Crippen molar-refractivity contribution in [1.82, 2.24) is 20.5 Å². The van der Waals surface area contributed by atoms with Crippen molar-refractivity contribution in [3.8, 4) is 0 Å². The van der Waals surface area contributed by atoms with E-state index in [0.717, 1.165) is 27.9 Å². The van der Waals surface area contributed by atoms with Crippen LogP contribution in [-0.2, 0) is 0 Å². The fourth-order valence-electron chi connectivity index (χ4n) is 3.10. The number of nitrogens with zero attached hydrogens (tertiary/aromatic N) is 1. The highest BCUT2D eigenvalue weighted by Gasteiger charge is 2.19. The van der Waals surface area contributed by atoms with Crippen molar-refractivity contribution in [1.29, 1.82) is 0 Å². The minimum atomic E-state index is -0.292. The third-order valence-electron chi connectivity index (χ3n) is 4.21. The van der Waals surface area contributed by atoms with Gasteiger partial charge in [0.25, 0.3) is 5.91 Å². The van der Waals surface area contributed by atoms with Crippen LogP contribution >= 0.6 is 0 Å². The van der Waals surface area contributed by atoms with Crippen molar-refractivity contribution in [3.63, 3.8) is 0 Å². The molecule has 2 heterocycles. The number of aromatic amines is 2. The molecule has 1 aromatic carbocycles. The number of pyridine rings is 1. The van der Waals surface area contributed by atoms with E-state index in [1.165, 1.54) is 6.07 Å². The first kappa shape index (κ1) is 16.0. The van der Waals surface area contributed by atoms with Gasteiger partial charge in [-0.05, 0) is 39.8 Å². The molecule has 0 saturated heterocycles. The molecule has 0 unspecified atom stereocenters. The maximum Gasteiger partial charge on any atom is 0.252 e. The number of benzene rings is 1. The van der Waals surface area contributed by atoms with Gasteiger partial charge in [0.2, 0.25) is 5.56 Å². The summed E-state index contributed by atoms with van der Waals surface area (Å²) in [6.07, 6.45) is 0. The topological polar surface area (TPSA) is 90.6 Å². The van der Waals surface area contributed by atoms with Gasteiger partial charge in [0, 0.05) is 28.2 Å². The first-order valence-corrected chi connectivity index (χ1v) is 7.83. The van der Waals surface area contributed by atoms with E-state index in [4.69, 9.17) is 0 Å². The first-order chi connectivity index (χ1) is 11.4. The summed E-state index contributed by atoms with van der Waals surface area (Å²) in [5, 5.41) is 10.8. The Hall–Kier alpha value is -2.89. The second kappa shape index (κ2) is 5.96. The van der Waals surface area contributed by atoms with Crippen LogP contribution in [0.25, 0.3) is 10.9 Å². The van der Waals surface area contributed by atoms with Crippen molar-refractivity contribution in [2.75, 3.05) is 0 Å². The Balaban J connectivity index is 2.00. The second-order valence-corrected chi connectivity index (χ2v) is 6.14. The molecule has 0 saturated carbocycles. The quantitative estimate of drug-likeness (QED) is 0.692. The SMILES string of the molecule is Cc1ccc2[nH]c(=O)cc(C(=O)N[C@@H](C)c3c(C)n[nH]c3C)c2c1. The molecule has 2 aromatic heterocycles. The standard InChI is InChI=1S/C18H20N4O2/c1-9-5-6-15-13(7-9)14(8-16(23)20-15)18(24)19-10(2)17-11(3)21-22-12(17)4/h5-8,10H,1-4H3,(H,19,24)(H,20,23)(H,21,22)/t10-/m0/s1. The summed E-state index contributed by atoms with van der Waals surface area (Å²) < 4.78 is 0. The van der Waals surface area contributed by atoms with E-state index in [-0.39, 0.29) is 17.5 Å². The zero-order chi connectivity index (χ0) is 17.4. The van der Waals surface area contributed by atoms with Crippen LogP contribution in [0.5, 0.6) is 0 Å². The first-order valence-electron chi connectivity index (χ1n) is 7.83. The molecular formula is C18H20N4O2. The molecule has 1 amide bonds. The largest absolute Gasteiger partial charge is 0.345 e. The lowest BCUT2D eigenvalue weighted by molar-refractivity contribution is 0.0941. The molecular weight excluding hydrogens is 304 g/mol. The van der Waals surface area contributed by atoms with Crippen LogP contribution in [0.1, 0.15) is 45.8 Å². The highest BCUT2D eigenvalue weighted by Crippen LogP contribution is 2.21. The van der Waals surface area contributed by atoms with Crippen LogP contribution in [0.15, 0.2) is 29.1 Å². The normalized spacial score (nSPS) is 12.3. The van der Waals surface area contributed by atoms with Crippen LogP contribution in [0.3, 0.4) is 0 Å². The number of H-pyrrole nitrogens is 2. The van der Waals surface area contributed by atoms with E-state index in [9.17, 15) is 9.59 Å². The van der Waals surface area contributed by atoms with Gasteiger partial charge in [0.05, 0.1) is 17.3 Å². The van der Waals surface area contributed by atoms with Gasteiger partial charge in [0.15, 0.2) is 0 Å². The number of hydrogen-bond acceptors (Lipinski definition) is 3. The molecule has 0 aliphatic rings. The van der Waals surface area contributed by atoms with Crippen molar-refractivity contribution in [3.05, 3.63) is 62.7 Å². The predicted molar refractivity (Wildman–Crippen MR) is 93.2 cm³/mol. The molecule has 0 radical (unpaired) electrons. The van der Waals surface area contributed by atoms with Crippen LogP contribution in [0.4, 0.5) is 0 Å². The molecule has 0 aliphatic heterocycles. The molecule has 3 aromatic rings. The van der Waals surface area contributed by atoms with Gasteiger partial charge >= 0.3 is 0 Å². The summed E-state index contributed by atoms with van der Waals surface area (Å²) in [4.78, 5) is 27.4. The summed E-state index contributed by atoms with van der Waals surface area (Å²) >= 11 is 0. The van der Waals surface area contributed by atoms with Crippen molar-refractivity contribution >= 4 is 16.8 Å². The Morgan fingerprint density at radius 2 is 1.96 bits per heavy atom. The van der Waals surface area contributed by atoms with Crippen LogP contribution in [0, 0.1) is 20.8 Å². The minimum absolute atomic E-state index is 0.213. The highest BCUT2D eigenvalue weighted by atomic mass is 16.2. The lowest BCUT2D eigenvalue weighted by Gasteiger charge is -2.15. The van der Waals surface area contributed by atoms with Crippen LogP contribution < -0.4 is 10.9 Å². The summed E-state index contributed by atoms with van der Waals surface area (Å²) in [5.74, 6) is -0.274. The van der Waals surface area contributed by atoms with E-state index in [2.05, 4.69) is 20.5 Å². The number of amides is 1. The van der Waals surface area contributed by atoms with E-state index < -0.39 is 0 Å². The molecule has 3 N–H and O–H groups in total. The molecule has 3 rings (SSSR count). The maximum absolute atomic E-state index is 12.8. The Morgan fingerprint density at radius 3 is 2.62 bits per heavy atom. The van der Waals surface area contributed by atoms with Gasteiger partial charge in [-0.2, -0.15) is 5.10 Å². The number of fused-ring (bicyclic) bond motifs is 1. The number of aromatic nitrogens is 3. The number of hydrogen-bond donors (Lipinski definition) is 3. The maximum atomic E-state index is 12.8. The molecule has 124 valence electrons. The van der Waals surface area contributed by atoms with Gasteiger partial charge < -0.3 is 10.3 Å². The van der Waals surface area contributed by atoms with Crippen molar-refractivity contribution < 1.29 is 4.79 Å². The summed E-state index contributed by atoms with van der Waals surface area (Å²) in [6.45, 7) is 7.67. The molecule has 0 spiro atoms. The molecule has 6 heteroatoms. The number of carbonyl (C=O) groups excluding carboxylic acids is 1. The number of rotatable bonds is 3. The predicted octanol–water partition coefficient (Wildman–Crippen LogP) is 2.67. The van der Waals surface area contributed by atoms with Crippen molar-refractivity contribution in [2.45, 2.75) is 33.7 Å². The summed E-state index contributed by atoms with van der Waals surface area (Å²) in [7, 11) is 0. The zero-order valence-corrected chi connectivity index (χ0v) is 14.2. The average molecular weight is 324 g/mol. The summed E-state index contributed by atoms with van der Waals surface area (Å²) in [6, 6.07) is 6.76. The Kier molecular flexibility index (Phi) is 3.97. The van der Waals surface area contributed by atoms with Crippen molar-refractivity contribution in [2.24, 2.45) is 0 Å². The minimum Gasteiger partial charge on any atom is -0.345 e. The van der Waals surface area contributed by atoms with E-state index >= 15 is 0 Å². The van der Waals surface area contributed by atoms with E-state index in [1.54, 1.807) is 0 Å². The van der Waals surface area contributed by atoms with Gasteiger partial charge in [-0.3, -0.25) is 14.7 Å². The Morgan fingerprint density at radius 1 is 1.21 bits per heavy atom. The second-order valence-electron chi connectivity index (χ2n) is 6.14. The van der Waals surface area contributed by atoms with Gasteiger partial charge in [0.1, 0.15) is 0 Å². The lowest BCUT2D eigenvalue weighted by atomic mass is 10.0. The molecule has 0 aliphatic carbocycles. The van der Waals surface area contributed by atoms with Gasteiger partial charge in [-0.15, -0.1) is 0 Å². The molecule has 0 fully saturated rings. The number of aryl methyl sites for hydroxylation is 3. The Bertz CT molecular complexity index is 965. The van der Waals surface area contributed by atoms with Gasteiger partial charge in [-0.25, -0.2) is 0 Å². The monoisotopic (exact) mass is 324 g/mol. The molecule has 1 atom stereocenters.